The molecule has 0 radical (unpaired) electrons. The van der Waals surface area contributed by atoms with Gasteiger partial charge >= 0.3 is 0 Å². The molecule has 0 spiro atoms. The van der Waals surface area contributed by atoms with Crippen molar-refractivity contribution >= 4 is 0 Å². The van der Waals surface area contributed by atoms with Gasteiger partial charge in [0.25, 0.3) is 0 Å². The lowest BCUT2D eigenvalue weighted by Gasteiger charge is -2.57. The van der Waals surface area contributed by atoms with E-state index in [0.717, 1.165) is 55.9 Å². The maximum atomic E-state index is 14.1. The highest BCUT2D eigenvalue weighted by atomic mass is 19.1. The smallest absolute Gasteiger partial charge is 0.0966 e. The van der Waals surface area contributed by atoms with Crippen LogP contribution in [-0.4, -0.2) is 11.2 Å². The van der Waals surface area contributed by atoms with E-state index in [0.29, 0.717) is 11.3 Å². The number of hydrogen-bond acceptors (Lipinski definition) is 1. The SMILES string of the molecule is C/C(F)=C1\CC[C@H]2[C@@H]3CC=C4C[C@@H](O)CC[C@]4(C)[C@H]3CC[C@]12C. The van der Waals surface area contributed by atoms with E-state index in [1.165, 1.54) is 18.4 Å². The van der Waals surface area contributed by atoms with Crippen LogP contribution in [0.15, 0.2) is 23.0 Å². The van der Waals surface area contributed by atoms with Crippen LogP contribution in [0.25, 0.3) is 0 Å². The van der Waals surface area contributed by atoms with E-state index < -0.39 is 0 Å². The Hall–Kier alpha value is -0.630. The van der Waals surface area contributed by atoms with E-state index >= 15 is 0 Å². The molecule has 0 aromatic rings. The minimum absolute atomic E-state index is 0.0903. The van der Waals surface area contributed by atoms with Crippen molar-refractivity contribution in [1.29, 1.82) is 0 Å². The van der Waals surface area contributed by atoms with Crippen LogP contribution in [0, 0.1) is 28.6 Å². The van der Waals surface area contributed by atoms with Gasteiger partial charge in [-0.2, -0.15) is 0 Å². The van der Waals surface area contributed by atoms with Gasteiger partial charge in [-0.1, -0.05) is 25.5 Å². The van der Waals surface area contributed by atoms with Gasteiger partial charge in [-0.15, -0.1) is 0 Å². The molecule has 4 rings (SSSR count). The molecule has 0 aromatic heterocycles. The van der Waals surface area contributed by atoms with Crippen LogP contribution in [-0.2, 0) is 0 Å². The summed E-state index contributed by atoms with van der Waals surface area (Å²) in [5.74, 6) is 2.21. The second kappa shape index (κ2) is 5.18. The van der Waals surface area contributed by atoms with E-state index in [1.807, 2.05) is 0 Å². The zero-order chi connectivity index (χ0) is 16.4. The summed E-state index contributed by atoms with van der Waals surface area (Å²) in [7, 11) is 0. The molecule has 1 N–H and O–H groups in total. The molecule has 1 nitrogen and oxygen atoms in total. The van der Waals surface area contributed by atoms with Crippen LogP contribution in [0.4, 0.5) is 4.39 Å². The Morgan fingerprint density at radius 3 is 2.57 bits per heavy atom. The summed E-state index contributed by atoms with van der Waals surface area (Å²) in [5.41, 5.74) is 3.05. The van der Waals surface area contributed by atoms with Gasteiger partial charge in [0.05, 0.1) is 11.9 Å². The summed E-state index contributed by atoms with van der Waals surface area (Å²) >= 11 is 0. The van der Waals surface area contributed by atoms with Crippen molar-refractivity contribution in [2.45, 2.75) is 78.2 Å². The highest BCUT2D eigenvalue weighted by Gasteiger charge is 2.57. The topological polar surface area (TPSA) is 20.2 Å². The van der Waals surface area contributed by atoms with Crippen molar-refractivity contribution in [3.05, 3.63) is 23.0 Å². The number of halogens is 1. The highest BCUT2D eigenvalue weighted by Crippen LogP contribution is 2.66. The van der Waals surface area contributed by atoms with Crippen LogP contribution in [0.1, 0.15) is 72.1 Å². The normalized spacial score (nSPS) is 51.4. The number of allylic oxidation sites excluding steroid dienone is 3. The van der Waals surface area contributed by atoms with Crippen LogP contribution in [0.3, 0.4) is 0 Å². The lowest BCUT2D eigenvalue weighted by Crippen LogP contribution is -2.49. The Labute approximate surface area is 140 Å². The van der Waals surface area contributed by atoms with Crippen molar-refractivity contribution in [3.63, 3.8) is 0 Å². The van der Waals surface area contributed by atoms with Crippen LogP contribution >= 0.6 is 0 Å². The van der Waals surface area contributed by atoms with Gasteiger partial charge in [0.1, 0.15) is 0 Å². The zero-order valence-corrected chi connectivity index (χ0v) is 14.9. The molecule has 3 saturated carbocycles. The molecule has 4 aliphatic carbocycles. The minimum atomic E-state index is -0.130. The first-order valence-electron chi connectivity index (χ1n) is 9.59. The molecule has 23 heavy (non-hydrogen) atoms. The van der Waals surface area contributed by atoms with Crippen molar-refractivity contribution in [2.75, 3.05) is 0 Å². The van der Waals surface area contributed by atoms with Crippen molar-refractivity contribution < 1.29 is 9.50 Å². The predicted octanol–water partition coefficient (Wildman–Crippen LogP) is 5.55. The number of fused-ring (bicyclic) bond motifs is 5. The van der Waals surface area contributed by atoms with Crippen LogP contribution < -0.4 is 0 Å². The fourth-order valence-corrected chi connectivity index (χ4v) is 7.02. The molecule has 0 amide bonds. The fourth-order valence-electron chi connectivity index (χ4n) is 7.02. The van der Waals surface area contributed by atoms with Crippen LogP contribution in [0.2, 0.25) is 0 Å². The Kier molecular flexibility index (Phi) is 3.58. The molecule has 0 aliphatic heterocycles. The number of hydrogen-bond donors (Lipinski definition) is 1. The molecule has 0 heterocycles. The van der Waals surface area contributed by atoms with Crippen molar-refractivity contribution in [1.82, 2.24) is 0 Å². The van der Waals surface area contributed by atoms with Gasteiger partial charge < -0.3 is 5.11 Å². The molecule has 3 fully saturated rings. The third kappa shape index (κ3) is 2.13. The average Bonchev–Trinajstić information content (AvgIpc) is 2.85. The first-order valence-corrected chi connectivity index (χ1v) is 9.59. The lowest BCUT2D eigenvalue weighted by atomic mass is 9.48. The molecule has 4 aliphatic rings. The monoisotopic (exact) mass is 318 g/mol. The standard InChI is InChI=1S/C21H31FO/c1-13(22)17-6-7-18-16-5-4-14-12-15(23)8-10-20(14,2)19(16)9-11-21(17,18)3/h4,15-16,18-19,23H,5-12H2,1-3H3/b17-13-/t15-,16-,18-,19-,20-,21+/m0/s1. The molecule has 0 bridgehead atoms. The molecule has 6 atom stereocenters. The maximum Gasteiger partial charge on any atom is 0.0966 e. The largest absolute Gasteiger partial charge is 0.393 e. The molecule has 0 aromatic carbocycles. The van der Waals surface area contributed by atoms with Crippen molar-refractivity contribution in [2.24, 2.45) is 28.6 Å². The van der Waals surface area contributed by atoms with Crippen LogP contribution in [0.5, 0.6) is 0 Å². The third-order valence-electron chi connectivity index (χ3n) is 8.28. The Morgan fingerprint density at radius 1 is 1.13 bits per heavy atom. The second-order valence-corrected chi connectivity index (χ2v) is 9.16. The summed E-state index contributed by atoms with van der Waals surface area (Å²) in [6.45, 7) is 6.46. The molecule has 128 valence electrons. The average molecular weight is 318 g/mol. The van der Waals surface area contributed by atoms with E-state index in [-0.39, 0.29) is 17.3 Å². The molecule has 2 heteroatoms. The van der Waals surface area contributed by atoms with Gasteiger partial charge in [-0.25, -0.2) is 4.39 Å². The minimum Gasteiger partial charge on any atom is -0.393 e. The summed E-state index contributed by atoms with van der Waals surface area (Å²) in [5, 5.41) is 10.1. The van der Waals surface area contributed by atoms with E-state index in [9.17, 15) is 9.50 Å². The molecule has 0 unspecified atom stereocenters. The summed E-state index contributed by atoms with van der Waals surface area (Å²) in [6.07, 6.45) is 11.0. The van der Waals surface area contributed by atoms with E-state index in [4.69, 9.17) is 0 Å². The number of aliphatic hydroxyl groups excluding tert-OH is 1. The summed E-state index contributed by atoms with van der Waals surface area (Å²) in [4.78, 5) is 0. The van der Waals surface area contributed by atoms with Gasteiger partial charge in [0.15, 0.2) is 0 Å². The molecular weight excluding hydrogens is 287 g/mol. The van der Waals surface area contributed by atoms with Gasteiger partial charge in [-0.05, 0) is 92.4 Å². The van der Waals surface area contributed by atoms with E-state index in [2.05, 4.69) is 19.9 Å². The van der Waals surface area contributed by atoms with Gasteiger partial charge in [-0.3, -0.25) is 0 Å². The van der Waals surface area contributed by atoms with Gasteiger partial charge in [0.2, 0.25) is 0 Å². The summed E-state index contributed by atoms with van der Waals surface area (Å²) in [6, 6.07) is 0. The third-order valence-corrected chi connectivity index (χ3v) is 8.28. The Balaban J connectivity index is 1.69. The van der Waals surface area contributed by atoms with Crippen molar-refractivity contribution in [3.8, 4) is 0 Å². The predicted molar refractivity (Wildman–Crippen MR) is 91.5 cm³/mol. The molecule has 0 saturated heterocycles. The Bertz CT molecular complexity index is 572. The maximum absolute atomic E-state index is 14.1. The zero-order valence-electron chi connectivity index (χ0n) is 14.9. The van der Waals surface area contributed by atoms with Gasteiger partial charge in [0, 0.05) is 0 Å². The highest BCUT2D eigenvalue weighted by molar-refractivity contribution is 5.30. The Morgan fingerprint density at radius 2 is 1.83 bits per heavy atom. The lowest BCUT2D eigenvalue weighted by molar-refractivity contribution is -0.0272. The quantitative estimate of drug-likeness (QED) is 0.580. The number of rotatable bonds is 0. The number of aliphatic hydroxyl groups is 1. The summed E-state index contributed by atoms with van der Waals surface area (Å²) < 4.78 is 14.1. The van der Waals surface area contributed by atoms with E-state index in [1.54, 1.807) is 6.92 Å². The fraction of sp³-hybridized carbons (Fsp3) is 0.810. The first kappa shape index (κ1) is 15.9. The first-order chi connectivity index (χ1) is 10.9. The second-order valence-electron chi connectivity index (χ2n) is 9.16. The molecular formula is C21H31FO.